The van der Waals surface area contributed by atoms with Gasteiger partial charge in [-0.3, -0.25) is 0 Å². The number of aromatic nitrogens is 2. The third-order valence-electron chi connectivity index (χ3n) is 3.16. The van der Waals surface area contributed by atoms with Crippen molar-refractivity contribution in [2.24, 2.45) is 0 Å². The minimum atomic E-state index is 0.463. The predicted molar refractivity (Wildman–Crippen MR) is 84.7 cm³/mol. The topological polar surface area (TPSA) is 60.2 Å². The van der Waals surface area contributed by atoms with Crippen molar-refractivity contribution < 1.29 is 9.26 Å². The van der Waals surface area contributed by atoms with Gasteiger partial charge in [-0.15, -0.1) is 0 Å². The molecule has 0 aliphatic carbocycles. The number of benzene rings is 2. The van der Waals surface area contributed by atoms with Gasteiger partial charge in [-0.1, -0.05) is 36.4 Å². The van der Waals surface area contributed by atoms with Gasteiger partial charge in [0.1, 0.15) is 5.75 Å². The zero-order valence-corrected chi connectivity index (χ0v) is 12.3. The average molecular weight is 295 g/mol. The maximum absolute atomic E-state index is 5.60. The van der Waals surface area contributed by atoms with E-state index >= 15 is 0 Å². The lowest BCUT2D eigenvalue weighted by molar-refractivity contribution is 0.337. The fourth-order valence-electron chi connectivity index (χ4n) is 2.11. The van der Waals surface area contributed by atoms with Gasteiger partial charge in [-0.05, 0) is 30.3 Å². The van der Waals surface area contributed by atoms with Crippen molar-refractivity contribution in [1.29, 1.82) is 0 Å². The van der Waals surface area contributed by atoms with Crippen LogP contribution in [0.5, 0.6) is 5.75 Å². The molecule has 5 heteroatoms. The first-order valence-corrected chi connectivity index (χ1v) is 7.20. The van der Waals surface area contributed by atoms with Crippen LogP contribution < -0.4 is 10.1 Å². The average Bonchev–Trinajstić information content (AvgIpc) is 3.04. The molecule has 0 saturated carbocycles. The maximum atomic E-state index is 5.60. The SMILES string of the molecule is CCOc1ccccc1CNc1noc(-c2ccccc2)n1. The lowest BCUT2D eigenvalue weighted by Crippen LogP contribution is -2.04. The molecule has 3 rings (SSSR count). The summed E-state index contributed by atoms with van der Waals surface area (Å²) in [6, 6.07) is 17.6. The zero-order valence-electron chi connectivity index (χ0n) is 12.3. The van der Waals surface area contributed by atoms with E-state index in [0.717, 1.165) is 16.9 Å². The van der Waals surface area contributed by atoms with E-state index in [1.54, 1.807) is 0 Å². The van der Waals surface area contributed by atoms with Crippen molar-refractivity contribution in [3.05, 3.63) is 60.2 Å². The predicted octanol–water partition coefficient (Wildman–Crippen LogP) is 3.75. The molecule has 0 atom stereocenters. The third-order valence-corrected chi connectivity index (χ3v) is 3.16. The molecule has 0 saturated heterocycles. The van der Waals surface area contributed by atoms with Crippen molar-refractivity contribution in [2.75, 3.05) is 11.9 Å². The number of hydrogen-bond donors (Lipinski definition) is 1. The minimum absolute atomic E-state index is 0.463. The second-order valence-corrected chi connectivity index (χ2v) is 4.68. The van der Waals surface area contributed by atoms with Crippen molar-refractivity contribution in [1.82, 2.24) is 10.1 Å². The Balaban J connectivity index is 1.69. The summed E-state index contributed by atoms with van der Waals surface area (Å²) in [5.41, 5.74) is 1.95. The number of anilines is 1. The normalized spacial score (nSPS) is 10.4. The van der Waals surface area contributed by atoms with Crippen molar-refractivity contribution in [2.45, 2.75) is 13.5 Å². The highest BCUT2D eigenvalue weighted by atomic mass is 16.5. The van der Waals surface area contributed by atoms with Gasteiger partial charge in [0.25, 0.3) is 11.8 Å². The van der Waals surface area contributed by atoms with E-state index in [4.69, 9.17) is 9.26 Å². The smallest absolute Gasteiger partial charge is 0.264 e. The van der Waals surface area contributed by atoms with Crippen LogP contribution in [0.4, 0.5) is 5.95 Å². The molecule has 0 spiro atoms. The summed E-state index contributed by atoms with van der Waals surface area (Å²) in [7, 11) is 0. The summed E-state index contributed by atoms with van der Waals surface area (Å²) in [6.07, 6.45) is 0. The van der Waals surface area contributed by atoms with Crippen LogP contribution in [0, 0.1) is 0 Å². The van der Waals surface area contributed by atoms with Gasteiger partial charge in [0.15, 0.2) is 0 Å². The van der Waals surface area contributed by atoms with Gasteiger partial charge < -0.3 is 14.6 Å². The molecule has 5 nitrogen and oxygen atoms in total. The highest BCUT2D eigenvalue weighted by Crippen LogP contribution is 2.21. The molecule has 0 fully saturated rings. The van der Waals surface area contributed by atoms with E-state index in [9.17, 15) is 0 Å². The van der Waals surface area contributed by atoms with Crippen LogP contribution in [-0.2, 0) is 6.54 Å². The van der Waals surface area contributed by atoms with Crippen LogP contribution in [0.2, 0.25) is 0 Å². The number of rotatable bonds is 6. The molecule has 22 heavy (non-hydrogen) atoms. The molecular weight excluding hydrogens is 278 g/mol. The minimum Gasteiger partial charge on any atom is -0.494 e. The van der Waals surface area contributed by atoms with Gasteiger partial charge in [-0.25, -0.2) is 0 Å². The molecule has 3 aromatic rings. The van der Waals surface area contributed by atoms with E-state index in [1.807, 2.05) is 61.5 Å². The number of para-hydroxylation sites is 1. The lowest BCUT2D eigenvalue weighted by Gasteiger charge is -2.09. The Kier molecular flexibility index (Phi) is 4.34. The number of nitrogens with one attached hydrogen (secondary N) is 1. The first kappa shape index (κ1) is 14.1. The van der Waals surface area contributed by atoms with Gasteiger partial charge in [0.2, 0.25) is 0 Å². The Morgan fingerprint density at radius 3 is 2.64 bits per heavy atom. The molecule has 1 N–H and O–H groups in total. The van der Waals surface area contributed by atoms with E-state index in [1.165, 1.54) is 0 Å². The Morgan fingerprint density at radius 2 is 1.82 bits per heavy atom. The first-order valence-electron chi connectivity index (χ1n) is 7.20. The number of nitrogens with zero attached hydrogens (tertiary/aromatic N) is 2. The molecule has 0 bridgehead atoms. The first-order chi connectivity index (χ1) is 10.9. The van der Waals surface area contributed by atoms with Crippen molar-refractivity contribution in [3.8, 4) is 17.2 Å². The van der Waals surface area contributed by atoms with Gasteiger partial charge in [-0.2, -0.15) is 4.98 Å². The standard InChI is InChI=1S/C17H17N3O2/c1-2-21-15-11-7-6-10-14(15)12-18-17-19-16(22-20-17)13-8-4-3-5-9-13/h3-11H,2,12H2,1H3,(H,18,20). The Hall–Kier alpha value is -2.82. The zero-order chi connectivity index (χ0) is 15.2. The summed E-state index contributed by atoms with van der Waals surface area (Å²) in [5, 5.41) is 7.10. The monoisotopic (exact) mass is 295 g/mol. The van der Waals surface area contributed by atoms with Crippen LogP contribution in [0.15, 0.2) is 59.1 Å². The lowest BCUT2D eigenvalue weighted by atomic mass is 10.2. The summed E-state index contributed by atoms with van der Waals surface area (Å²) in [5.74, 6) is 1.83. The Labute approximate surface area is 128 Å². The van der Waals surface area contributed by atoms with Gasteiger partial charge >= 0.3 is 0 Å². The van der Waals surface area contributed by atoms with Gasteiger partial charge in [0.05, 0.1) is 6.61 Å². The largest absolute Gasteiger partial charge is 0.494 e. The van der Waals surface area contributed by atoms with Crippen LogP contribution in [0.1, 0.15) is 12.5 Å². The van der Waals surface area contributed by atoms with Gasteiger partial charge in [0, 0.05) is 17.7 Å². The molecule has 0 amide bonds. The number of hydrogen-bond acceptors (Lipinski definition) is 5. The summed E-state index contributed by atoms with van der Waals surface area (Å²) < 4.78 is 10.9. The fraction of sp³-hybridized carbons (Fsp3) is 0.176. The quantitative estimate of drug-likeness (QED) is 0.750. The van der Waals surface area contributed by atoms with E-state index < -0.39 is 0 Å². The van der Waals surface area contributed by atoms with E-state index in [0.29, 0.717) is 25.0 Å². The summed E-state index contributed by atoms with van der Waals surface area (Å²) in [6.45, 7) is 3.18. The molecular formula is C17H17N3O2. The molecule has 1 aromatic heterocycles. The molecule has 0 aliphatic heterocycles. The second-order valence-electron chi connectivity index (χ2n) is 4.68. The van der Waals surface area contributed by atoms with Crippen LogP contribution in [-0.4, -0.2) is 16.7 Å². The molecule has 0 radical (unpaired) electrons. The highest BCUT2D eigenvalue weighted by molar-refractivity contribution is 5.53. The Morgan fingerprint density at radius 1 is 1.05 bits per heavy atom. The molecule has 2 aromatic carbocycles. The van der Waals surface area contributed by atoms with Crippen molar-refractivity contribution >= 4 is 5.95 Å². The van der Waals surface area contributed by atoms with E-state index in [2.05, 4.69) is 15.5 Å². The summed E-state index contributed by atoms with van der Waals surface area (Å²) >= 11 is 0. The third kappa shape index (κ3) is 3.25. The maximum Gasteiger partial charge on any atom is 0.264 e. The molecule has 0 unspecified atom stereocenters. The van der Waals surface area contributed by atoms with Crippen LogP contribution in [0.25, 0.3) is 11.5 Å². The fourth-order valence-corrected chi connectivity index (χ4v) is 2.11. The number of ether oxygens (including phenoxy) is 1. The van der Waals surface area contributed by atoms with E-state index in [-0.39, 0.29) is 0 Å². The molecule has 112 valence electrons. The van der Waals surface area contributed by atoms with Crippen molar-refractivity contribution in [3.63, 3.8) is 0 Å². The highest BCUT2D eigenvalue weighted by Gasteiger charge is 2.09. The second kappa shape index (κ2) is 6.76. The molecule has 1 heterocycles. The van der Waals surface area contributed by atoms with Crippen LogP contribution >= 0.6 is 0 Å². The Bertz CT molecular complexity index is 726. The van der Waals surface area contributed by atoms with Crippen LogP contribution in [0.3, 0.4) is 0 Å². The molecule has 0 aliphatic rings. The summed E-state index contributed by atoms with van der Waals surface area (Å²) in [4.78, 5) is 4.34.